The maximum absolute atomic E-state index is 12.0. The van der Waals surface area contributed by atoms with Gasteiger partial charge in [0.2, 0.25) is 5.91 Å². The molecule has 0 aliphatic carbocycles. The number of esters is 1. The second-order valence-corrected chi connectivity index (χ2v) is 4.78. The van der Waals surface area contributed by atoms with E-state index >= 15 is 0 Å². The monoisotopic (exact) mass is 277 g/mol. The summed E-state index contributed by atoms with van der Waals surface area (Å²) in [6, 6.07) is 7.53. The van der Waals surface area contributed by atoms with Crippen LogP contribution in [-0.2, 0) is 14.3 Å². The molecule has 1 aliphatic rings. The van der Waals surface area contributed by atoms with E-state index in [-0.39, 0.29) is 24.4 Å². The third-order valence-corrected chi connectivity index (χ3v) is 3.74. The van der Waals surface area contributed by atoms with Crippen molar-refractivity contribution in [3.63, 3.8) is 0 Å². The van der Waals surface area contributed by atoms with E-state index in [2.05, 4.69) is 4.74 Å². The quantitative estimate of drug-likeness (QED) is 0.608. The van der Waals surface area contributed by atoms with E-state index in [9.17, 15) is 9.59 Å². The van der Waals surface area contributed by atoms with Crippen molar-refractivity contribution in [1.82, 2.24) is 4.90 Å². The molecule has 5 nitrogen and oxygen atoms in total. The molecule has 0 saturated carbocycles. The molecule has 1 aromatic carbocycles. The maximum Gasteiger partial charge on any atom is 0.325 e. The summed E-state index contributed by atoms with van der Waals surface area (Å²) in [5.41, 5.74) is 1.01. The van der Waals surface area contributed by atoms with Gasteiger partial charge in [0, 0.05) is 0 Å². The fourth-order valence-electron chi connectivity index (χ4n) is 2.61. The van der Waals surface area contributed by atoms with E-state index in [0.717, 1.165) is 17.7 Å². The third kappa shape index (κ3) is 2.48. The summed E-state index contributed by atoms with van der Waals surface area (Å²) >= 11 is 0. The Bertz CT molecular complexity index is 497. The van der Waals surface area contributed by atoms with Crippen LogP contribution in [0.25, 0.3) is 0 Å². The first-order chi connectivity index (χ1) is 9.62. The second kappa shape index (κ2) is 5.94. The van der Waals surface area contributed by atoms with Gasteiger partial charge in [0.05, 0.1) is 26.2 Å². The number of carbonyl (C=O) groups is 2. The number of rotatable bonds is 5. The van der Waals surface area contributed by atoms with E-state index in [1.165, 1.54) is 7.11 Å². The average molecular weight is 277 g/mol. The number of carbonyl (C=O) groups excluding carboxylic acids is 2. The Labute approximate surface area is 118 Å². The molecule has 1 heterocycles. The predicted molar refractivity (Wildman–Crippen MR) is 73.2 cm³/mol. The molecule has 0 aromatic heterocycles. The molecule has 108 valence electrons. The number of nitrogens with zero attached hydrogens (tertiary/aromatic N) is 1. The summed E-state index contributed by atoms with van der Waals surface area (Å²) in [5, 5.41) is 0. The summed E-state index contributed by atoms with van der Waals surface area (Å²) < 4.78 is 9.77. The summed E-state index contributed by atoms with van der Waals surface area (Å²) in [6.07, 6.45) is 0.757. The Morgan fingerprint density at radius 2 is 1.90 bits per heavy atom. The van der Waals surface area contributed by atoms with Crippen molar-refractivity contribution in [2.24, 2.45) is 5.92 Å². The van der Waals surface area contributed by atoms with Gasteiger partial charge >= 0.3 is 5.97 Å². The molecular weight excluding hydrogens is 258 g/mol. The lowest BCUT2D eigenvalue weighted by Gasteiger charge is -2.46. The van der Waals surface area contributed by atoms with E-state index in [1.54, 1.807) is 12.0 Å². The van der Waals surface area contributed by atoms with Crippen LogP contribution in [0.4, 0.5) is 0 Å². The summed E-state index contributed by atoms with van der Waals surface area (Å²) in [5.74, 6) is 0.324. The molecule has 0 radical (unpaired) electrons. The predicted octanol–water partition coefficient (Wildman–Crippen LogP) is 1.78. The molecule has 0 bridgehead atoms. The van der Waals surface area contributed by atoms with Crippen molar-refractivity contribution in [2.75, 3.05) is 20.8 Å². The van der Waals surface area contributed by atoms with E-state index in [0.29, 0.717) is 0 Å². The number of methoxy groups -OCH3 is 2. The highest BCUT2D eigenvalue weighted by Gasteiger charge is 2.47. The fraction of sp³-hybridized carbons (Fsp3) is 0.467. The van der Waals surface area contributed by atoms with Crippen molar-refractivity contribution >= 4 is 11.9 Å². The van der Waals surface area contributed by atoms with Gasteiger partial charge in [-0.05, 0) is 24.1 Å². The third-order valence-electron chi connectivity index (χ3n) is 3.74. The molecule has 1 amide bonds. The highest BCUT2D eigenvalue weighted by molar-refractivity contribution is 5.90. The highest BCUT2D eigenvalue weighted by Crippen LogP contribution is 2.41. The van der Waals surface area contributed by atoms with Crippen LogP contribution in [0.15, 0.2) is 24.3 Å². The van der Waals surface area contributed by atoms with Gasteiger partial charge in [-0.25, -0.2) is 0 Å². The normalized spacial score (nSPS) is 21.4. The lowest BCUT2D eigenvalue weighted by Crippen LogP contribution is -2.56. The Hall–Kier alpha value is -2.04. The van der Waals surface area contributed by atoms with Crippen LogP contribution in [0.5, 0.6) is 5.75 Å². The van der Waals surface area contributed by atoms with E-state index in [4.69, 9.17) is 4.74 Å². The van der Waals surface area contributed by atoms with Crippen molar-refractivity contribution in [3.8, 4) is 5.75 Å². The SMILES string of the molecule is CC[C@@H]1C(=O)N(CC(=O)OC)[C@H]1c1ccc(OC)cc1. The zero-order valence-electron chi connectivity index (χ0n) is 12.0. The second-order valence-electron chi connectivity index (χ2n) is 4.78. The Balaban J connectivity index is 2.20. The molecule has 1 aromatic rings. The van der Waals surface area contributed by atoms with E-state index in [1.807, 2.05) is 31.2 Å². The number of hydrogen-bond acceptors (Lipinski definition) is 4. The number of benzene rings is 1. The van der Waals surface area contributed by atoms with Crippen molar-refractivity contribution < 1.29 is 19.1 Å². The van der Waals surface area contributed by atoms with Crippen LogP contribution < -0.4 is 4.74 Å². The lowest BCUT2D eigenvalue weighted by atomic mass is 9.80. The van der Waals surface area contributed by atoms with Gasteiger partial charge in [0.25, 0.3) is 0 Å². The number of amides is 1. The van der Waals surface area contributed by atoms with Crippen LogP contribution in [0.3, 0.4) is 0 Å². The van der Waals surface area contributed by atoms with Crippen LogP contribution in [0.1, 0.15) is 24.9 Å². The minimum atomic E-state index is -0.397. The van der Waals surface area contributed by atoms with Gasteiger partial charge in [-0.15, -0.1) is 0 Å². The number of likely N-dealkylation sites (tertiary alicyclic amines) is 1. The van der Waals surface area contributed by atoms with Crippen LogP contribution in [-0.4, -0.2) is 37.5 Å². The largest absolute Gasteiger partial charge is 0.497 e. The molecule has 20 heavy (non-hydrogen) atoms. The van der Waals surface area contributed by atoms with Crippen molar-refractivity contribution in [2.45, 2.75) is 19.4 Å². The summed E-state index contributed by atoms with van der Waals surface area (Å²) in [4.78, 5) is 25.0. The lowest BCUT2D eigenvalue weighted by molar-refractivity contribution is -0.164. The standard InChI is InChI=1S/C15H19NO4/c1-4-12-14(10-5-7-11(19-2)8-6-10)16(15(12)18)9-13(17)20-3/h5-8,12,14H,4,9H2,1-3H3/t12-,14-/m0/s1. The van der Waals surface area contributed by atoms with Crippen molar-refractivity contribution in [1.29, 1.82) is 0 Å². The Kier molecular flexibility index (Phi) is 4.27. The first-order valence-electron chi connectivity index (χ1n) is 6.63. The zero-order valence-corrected chi connectivity index (χ0v) is 12.0. The molecule has 2 rings (SSSR count). The number of ether oxygens (including phenoxy) is 2. The molecule has 1 saturated heterocycles. The number of β-lactam (4-membered cyclic amide) rings is 1. The first-order valence-corrected chi connectivity index (χ1v) is 6.63. The fourth-order valence-corrected chi connectivity index (χ4v) is 2.61. The zero-order chi connectivity index (χ0) is 14.7. The van der Waals surface area contributed by atoms with Gasteiger partial charge in [-0.3, -0.25) is 9.59 Å². The highest BCUT2D eigenvalue weighted by atomic mass is 16.5. The molecular formula is C15H19NO4. The van der Waals surface area contributed by atoms with Gasteiger partial charge in [-0.2, -0.15) is 0 Å². The Morgan fingerprint density at radius 1 is 1.25 bits per heavy atom. The van der Waals surface area contributed by atoms with E-state index < -0.39 is 5.97 Å². The van der Waals surface area contributed by atoms with Gasteiger partial charge in [0.15, 0.2) is 0 Å². The van der Waals surface area contributed by atoms with Crippen LogP contribution >= 0.6 is 0 Å². The molecule has 0 N–H and O–H groups in total. The summed E-state index contributed by atoms with van der Waals surface area (Å²) in [7, 11) is 2.94. The summed E-state index contributed by atoms with van der Waals surface area (Å²) in [6.45, 7) is 1.98. The first kappa shape index (κ1) is 14.4. The van der Waals surface area contributed by atoms with Crippen LogP contribution in [0, 0.1) is 5.92 Å². The molecule has 0 spiro atoms. The minimum absolute atomic E-state index is 0.00251. The van der Waals surface area contributed by atoms with Gasteiger partial charge in [-0.1, -0.05) is 19.1 Å². The van der Waals surface area contributed by atoms with Gasteiger partial charge < -0.3 is 14.4 Å². The number of hydrogen-bond donors (Lipinski definition) is 0. The molecule has 5 heteroatoms. The molecule has 0 unspecified atom stereocenters. The molecule has 2 atom stereocenters. The Morgan fingerprint density at radius 3 is 2.40 bits per heavy atom. The molecule has 1 aliphatic heterocycles. The maximum atomic E-state index is 12.0. The molecule has 1 fully saturated rings. The van der Waals surface area contributed by atoms with Crippen LogP contribution in [0.2, 0.25) is 0 Å². The minimum Gasteiger partial charge on any atom is -0.497 e. The van der Waals surface area contributed by atoms with Crippen molar-refractivity contribution in [3.05, 3.63) is 29.8 Å². The smallest absolute Gasteiger partial charge is 0.325 e. The topological polar surface area (TPSA) is 55.8 Å². The van der Waals surface area contributed by atoms with Gasteiger partial charge in [0.1, 0.15) is 12.3 Å². The average Bonchev–Trinajstić information content (AvgIpc) is 2.49.